The molecule has 2 heterocycles. The number of aromatic nitrogens is 4. The molecular weight excluding hydrogens is 190 g/mol. The van der Waals surface area contributed by atoms with E-state index in [2.05, 4.69) is 34.0 Å². The molecule has 0 fully saturated rings. The zero-order chi connectivity index (χ0) is 10.8. The maximum absolute atomic E-state index is 5.80. The van der Waals surface area contributed by atoms with Crippen LogP contribution in [0.15, 0.2) is 18.7 Å². The number of nitrogens with zero attached hydrogens (tertiary/aromatic N) is 3. The van der Waals surface area contributed by atoms with E-state index < -0.39 is 0 Å². The second-order valence-corrected chi connectivity index (χ2v) is 3.68. The lowest BCUT2D eigenvalue weighted by atomic mass is 10.0. The van der Waals surface area contributed by atoms with Gasteiger partial charge in [0.05, 0.1) is 5.69 Å². The maximum atomic E-state index is 5.80. The minimum Gasteiger partial charge on any atom is -0.382 e. The largest absolute Gasteiger partial charge is 0.382 e. The van der Waals surface area contributed by atoms with E-state index in [4.69, 9.17) is 5.73 Å². The quantitative estimate of drug-likeness (QED) is 0.776. The molecule has 3 N–H and O–H groups in total. The second-order valence-electron chi connectivity index (χ2n) is 3.68. The summed E-state index contributed by atoms with van der Waals surface area (Å²) in [5, 5.41) is 6.93. The van der Waals surface area contributed by atoms with Crippen LogP contribution in [0.3, 0.4) is 0 Å². The Morgan fingerprint density at radius 1 is 1.27 bits per heavy atom. The summed E-state index contributed by atoms with van der Waals surface area (Å²) in [6.45, 7) is 4.16. The number of anilines is 1. The van der Waals surface area contributed by atoms with Crippen LogP contribution in [0.5, 0.6) is 0 Å². The van der Waals surface area contributed by atoms with Crippen LogP contribution >= 0.6 is 0 Å². The zero-order valence-electron chi connectivity index (χ0n) is 8.73. The van der Waals surface area contributed by atoms with E-state index in [-0.39, 0.29) is 0 Å². The number of hydrogen-bond donors (Lipinski definition) is 2. The first kappa shape index (κ1) is 9.64. The van der Waals surface area contributed by atoms with Crippen LogP contribution < -0.4 is 5.73 Å². The first-order valence-electron chi connectivity index (χ1n) is 4.79. The molecule has 5 nitrogen and oxygen atoms in total. The van der Waals surface area contributed by atoms with Crippen molar-refractivity contribution in [1.29, 1.82) is 0 Å². The molecule has 0 radical (unpaired) electrons. The highest BCUT2D eigenvalue weighted by molar-refractivity contribution is 5.67. The standard InChI is InChI=1S/C10H13N5/c1-6(2)8-9(14-15-10(8)11)7-3-12-5-13-4-7/h3-6H,1-2H3,(H3,11,14,15). The SMILES string of the molecule is CC(C)c1c(N)n[nH]c1-c1cncnc1. The molecule has 0 amide bonds. The fraction of sp³-hybridized carbons (Fsp3) is 0.300. The molecule has 0 saturated heterocycles. The average molecular weight is 203 g/mol. The predicted molar refractivity (Wildman–Crippen MR) is 58.1 cm³/mol. The van der Waals surface area contributed by atoms with E-state index in [0.717, 1.165) is 16.8 Å². The van der Waals surface area contributed by atoms with Gasteiger partial charge in [-0.1, -0.05) is 13.8 Å². The third kappa shape index (κ3) is 1.68. The van der Waals surface area contributed by atoms with Crippen molar-refractivity contribution in [1.82, 2.24) is 20.2 Å². The van der Waals surface area contributed by atoms with Crippen LogP contribution in [0.25, 0.3) is 11.3 Å². The van der Waals surface area contributed by atoms with Gasteiger partial charge in [0.15, 0.2) is 0 Å². The molecule has 0 bridgehead atoms. The average Bonchev–Trinajstić information content (AvgIpc) is 2.61. The molecule has 0 unspecified atom stereocenters. The van der Waals surface area contributed by atoms with Crippen LogP contribution in [0, 0.1) is 0 Å². The third-order valence-electron chi connectivity index (χ3n) is 2.26. The molecule has 2 aromatic rings. The highest BCUT2D eigenvalue weighted by Gasteiger charge is 2.15. The molecule has 0 aliphatic carbocycles. The van der Waals surface area contributed by atoms with E-state index in [1.165, 1.54) is 6.33 Å². The molecule has 15 heavy (non-hydrogen) atoms. The van der Waals surface area contributed by atoms with E-state index in [0.29, 0.717) is 11.7 Å². The first-order valence-corrected chi connectivity index (χ1v) is 4.79. The van der Waals surface area contributed by atoms with Crippen LogP contribution in [-0.4, -0.2) is 20.2 Å². The Morgan fingerprint density at radius 3 is 2.53 bits per heavy atom. The Morgan fingerprint density at radius 2 is 1.93 bits per heavy atom. The summed E-state index contributed by atoms with van der Waals surface area (Å²) >= 11 is 0. The van der Waals surface area contributed by atoms with Crippen LogP contribution in [0.4, 0.5) is 5.82 Å². The molecule has 0 aliphatic rings. The zero-order valence-corrected chi connectivity index (χ0v) is 8.73. The normalized spacial score (nSPS) is 10.9. The molecule has 5 heteroatoms. The maximum Gasteiger partial charge on any atom is 0.149 e. The molecule has 0 atom stereocenters. The number of H-pyrrole nitrogens is 1. The fourth-order valence-electron chi connectivity index (χ4n) is 1.60. The van der Waals surface area contributed by atoms with Crippen molar-refractivity contribution in [3.63, 3.8) is 0 Å². The lowest BCUT2D eigenvalue weighted by Gasteiger charge is -2.06. The van der Waals surface area contributed by atoms with Crippen molar-refractivity contribution in [3.8, 4) is 11.3 Å². The van der Waals surface area contributed by atoms with Crippen molar-refractivity contribution in [2.45, 2.75) is 19.8 Å². The van der Waals surface area contributed by atoms with Crippen molar-refractivity contribution in [2.24, 2.45) is 0 Å². The lowest BCUT2D eigenvalue weighted by Crippen LogP contribution is -1.95. The summed E-state index contributed by atoms with van der Waals surface area (Å²) in [6.07, 6.45) is 4.98. The molecular formula is C10H13N5. The van der Waals surface area contributed by atoms with E-state index >= 15 is 0 Å². The van der Waals surface area contributed by atoms with Gasteiger partial charge in [-0.2, -0.15) is 5.10 Å². The summed E-state index contributed by atoms with van der Waals surface area (Å²) in [4.78, 5) is 7.94. The van der Waals surface area contributed by atoms with Crippen molar-refractivity contribution < 1.29 is 0 Å². The minimum absolute atomic E-state index is 0.318. The van der Waals surface area contributed by atoms with Crippen molar-refractivity contribution >= 4 is 5.82 Å². The number of nitrogens with one attached hydrogen (secondary N) is 1. The number of rotatable bonds is 2. The lowest BCUT2D eigenvalue weighted by molar-refractivity contribution is 0.873. The molecule has 2 aromatic heterocycles. The van der Waals surface area contributed by atoms with Gasteiger partial charge in [0, 0.05) is 23.5 Å². The second kappa shape index (κ2) is 3.68. The smallest absolute Gasteiger partial charge is 0.149 e. The van der Waals surface area contributed by atoms with Gasteiger partial charge >= 0.3 is 0 Å². The van der Waals surface area contributed by atoms with Crippen molar-refractivity contribution in [3.05, 3.63) is 24.3 Å². The highest BCUT2D eigenvalue weighted by Crippen LogP contribution is 2.30. The number of nitrogen functional groups attached to an aromatic ring is 1. The third-order valence-corrected chi connectivity index (χ3v) is 2.26. The van der Waals surface area contributed by atoms with Crippen LogP contribution in [0.2, 0.25) is 0 Å². The van der Waals surface area contributed by atoms with Gasteiger partial charge in [-0.05, 0) is 5.92 Å². The Bertz CT molecular complexity index is 446. The predicted octanol–water partition coefficient (Wildman–Crippen LogP) is 1.57. The summed E-state index contributed by atoms with van der Waals surface area (Å²) in [5.41, 5.74) is 8.63. The summed E-state index contributed by atoms with van der Waals surface area (Å²) in [7, 11) is 0. The first-order chi connectivity index (χ1) is 7.20. The van der Waals surface area contributed by atoms with Gasteiger partial charge in [-0.3, -0.25) is 5.10 Å². The number of aromatic amines is 1. The minimum atomic E-state index is 0.318. The Balaban J connectivity index is 2.54. The molecule has 0 saturated carbocycles. The monoisotopic (exact) mass is 203 g/mol. The Hall–Kier alpha value is -1.91. The number of nitrogens with two attached hydrogens (primary N) is 1. The van der Waals surface area contributed by atoms with Gasteiger partial charge < -0.3 is 5.73 Å². The Labute approximate surface area is 87.8 Å². The molecule has 0 aromatic carbocycles. The molecule has 0 aliphatic heterocycles. The Kier molecular flexibility index (Phi) is 2.37. The molecule has 0 spiro atoms. The molecule has 78 valence electrons. The van der Waals surface area contributed by atoms with E-state index in [9.17, 15) is 0 Å². The van der Waals surface area contributed by atoms with E-state index in [1.54, 1.807) is 12.4 Å². The van der Waals surface area contributed by atoms with Crippen LogP contribution in [-0.2, 0) is 0 Å². The highest BCUT2D eigenvalue weighted by atomic mass is 15.2. The van der Waals surface area contributed by atoms with Gasteiger partial charge in [-0.15, -0.1) is 0 Å². The van der Waals surface area contributed by atoms with E-state index in [1.807, 2.05) is 0 Å². The topological polar surface area (TPSA) is 80.5 Å². The number of hydrogen-bond acceptors (Lipinski definition) is 4. The van der Waals surface area contributed by atoms with Gasteiger partial charge in [-0.25, -0.2) is 9.97 Å². The summed E-state index contributed by atoms with van der Waals surface area (Å²) in [5.74, 6) is 0.864. The van der Waals surface area contributed by atoms with Gasteiger partial charge in [0.2, 0.25) is 0 Å². The fourth-order valence-corrected chi connectivity index (χ4v) is 1.60. The van der Waals surface area contributed by atoms with Gasteiger partial charge in [0.25, 0.3) is 0 Å². The summed E-state index contributed by atoms with van der Waals surface area (Å²) < 4.78 is 0. The molecule has 2 rings (SSSR count). The van der Waals surface area contributed by atoms with Crippen LogP contribution in [0.1, 0.15) is 25.3 Å². The van der Waals surface area contributed by atoms with Crippen molar-refractivity contribution in [2.75, 3.05) is 5.73 Å². The van der Waals surface area contributed by atoms with Gasteiger partial charge in [0.1, 0.15) is 12.1 Å². The summed E-state index contributed by atoms with van der Waals surface area (Å²) in [6, 6.07) is 0.